The molecule has 0 radical (unpaired) electrons. The molecule has 0 aromatic heterocycles. The van der Waals surface area contributed by atoms with E-state index >= 15 is 0 Å². The zero-order valence-corrected chi connectivity index (χ0v) is 23.1. The van der Waals surface area contributed by atoms with Gasteiger partial charge in [0.05, 0.1) is 6.04 Å². The number of hydrogen-bond donors (Lipinski definition) is 1. The maximum atomic E-state index is 13.8. The normalized spacial score (nSPS) is 33.3. The number of fused-ring (bicyclic) bond motifs is 1. The van der Waals surface area contributed by atoms with Crippen LogP contribution >= 0.6 is 11.6 Å². The Kier molecular flexibility index (Phi) is 10.2. The highest BCUT2D eigenvalue weighted by atomic mass is 35.5. The number of carbonyl (C=O) groups is 2. The molecule has 5 nitrogen and oxygen atoms in total. The molecule has 6 heteroatoms. The van der Waals surface area contributed by atoms with Crippen molar-refractivity contribution in [3.8, 4) is 0 Å². The van der Waals surface area contributed by atoms with Crippen LogP contribution in [0.1, 0.15) is 104 Å². The number of amides is 2. The second-order valence-corrected chi connectivity index (χ2v) is 12.9. The summed E-state index contributed by atoms with van der Waals surface area (Å²) in [6, 6.07) is 0.658. The molecule has 0 bridgehead atoms. The molecule has 2 amide bonds. The summed E-state index contributed by atoms with van der Waals surface area (Å²) >= 11 is 6.38. The van der Waals surface area contributed by atoms with Gasteiger partial charge in [-0.3, -0.25) is 14.5 Å². The predicted molar refractivity (Wildman–Crippen MR) is 143 cm³/mol. The quantitative estimate of drug-likeness (QED) is 0.413. The van der Waals surface area contributed by atoms with E-state index in [1.54, 1.807) is 0 Å². The van der Waals surface area contributed by atoms with Gasteiger partial charge in [-0.05, 0) is 82.0 Å². The Labute approximate surface area is 219 Å². The Hall–Kier alpha value is -0.810. The number of rotatable bonds is 9. The topological polar surface area (TPSA) is 52.7 Å². The summed E-state index contributed by atoms with van der Waals surface area (Å²) in [4.78, 5) is 31.3. The van der Waals surface area contributed by atoms with Gasteiger partial charge in [-0.1, -0.05) is 39.5 Å². The van der Waals surface area contributed by atoms with E-state index in [1.165, 1.54) is 57.8 Å². The number of nitrogens with one attached hydrogen (secondary N) is 1. The molecule has 2 aliphatic heterocycles. The SMILES string of the molecule is CCCCC(C)CNC(=O)C1CCN(C(=O)C2CC3CCCCC3N2CC2CCC(Cl)CC2)CC1. The van der Waals surface area contributed by atoms with E-state index in [0.717, 1.165) is 58.3 Å². The van der Waals surface area contributed by atoms with Crippen molar-refractivity contribution >= 4 is 23.4 Å². The van der Waals surface area contributed by atoms with Gasteiger partial charge in [0.1, 0.15) is 0 Å². The summed E-state index contributed by atoms with van der Waals surface area (Å²) in [6.45, 7) is 7.77. The standard InChI is InChI=1S/C29H50ClN3O2/c1-3-4-7-21(2)19-31-28(34)23-14-16-32(17-15-23)29(35)27-18-24-8-5-6-9-26(24)33(27)20-22-10-12-25(30)13-11-22/h21-27H,3-20H2,1-2H3,(H,31,34). The zero-order chi connectivity index (χ0) is 24.8. The van der Waals surface area contributed by atoms with E-state index in [1.807, 2.05) is 0 Å². The number of unbranched alkanes of at least 4 members (excludes halogenated alkanes) is 1. The minimum Gasteiger partial charge on any atom is -0.356 e. The van der Waals surface area contributed by atoms with Crippen LogP contribution < -0.4 is 5.32 Å². The van der Waals surface area contributed by atoms with Gasteiger partial charge >= 0.3 is 0 Å². The Morgan fingerprint density at radius 3 is 2.43 bits per heavy atom. The molecule has 0 aromatic rings. The number of halogens is 1. The molecule has 0 aromatic carbocycles. The van der Waals surface area contributed by atoms with Gasteiger partial charge in [-0.25, -0.2) is 0 Å². The molecule has 2 saturated heterocycles. The van der Waals surface area contributed by atoms with Crippen molar-refractivity contribution in [1.29, 1.82) is 0 Å². The molecule has 2 saturated carbocycles. The van der Waals surface area contributed by atoms with E-state index < -0.39 is 0 Å². The van der Waals surface area contributed by atoms with Gasteiger partial charge in [-0.2, -0.15) is 0 Å². The molecule has 2 heterocycles. The summed E-state index contributed by atoms with van der Waals surface area (Å²) in [5.41, 5.74) is 0. The van der Waals surface area contributed by atoms with Crippen LogP contribution in [-0.2, 0) is 9.59 Å². The second kappa shape index (κ2) is 13.1. The lowest BCUT2D eigenvalue weighted by atomic mass is 9.84. The third kappa shape index (κ3) is 7.15. The second-order valence-electron chi connectivity index (χ2n) is 12.3. The van der Waals surface area contributed by atoms with Crippen LogP contribution in [0.4, 0.5) is 0 Å². The van der Waals surface area contributed by atoms with Crippen LogP contribution in [0.3, 0.4) is 0 Å². The zero-order valence-electron chi connectivity index (χ0n) is 22.4. The smallest absolute Gasteiger partial charge is 0.239 e. The van der Waals surface area contributed by atoms with Crippen LogP contribution in [0.15, 0.2) is 0 Å². The Bertz CT molecular complexity index is 687. The van der Waals surface area contributed by atoms with Crippen molar-refractivity contribution in [2.75, 3.05) is 26.2 Å². The predicted octanol–water partition coefficient (Wildman–Crippen LogP) is 5.60. The monoisotopic (exact) mass is 507 g/mol. The van der Waals surface area contributed by atoms with Gasteiger partial charge < -0.3 is 10.2 Å². The fourth-order valence-electron chi connectivity index (χ4n) is 7.31. The Morgan fingerprint density at radius 2 is 1.71 bits per heavy atom. The summed E-state index contributed by atoms with van der Waals surface area (Å²) < 4.78 is 0. The van der Waals surface area contributed by atoms with E-state index in [-0.39, 0.29) is 17.9 Å². The van der Waals surface area contributed by atoms with Crippen molar-refractivity contribution < 1.29 is 9.59 Å². The molecule has 4 fully saturated rings. The van der Waals surface area contributed by atoms with Gasteiger partial charge in [0.2, 0.25) is 11.8 Å². The number of hydrogen-bond acceptors (Lipinski definition) is 3. The lowest BCUT2D eigenvalue weighted by molar-refractivity contribution is -0.140. The van der Waals surface area contributed by atoms with Crippen molar-refractivity contribution in [3.05, 3.63) is 0 Å². The van der Waals surface area contributed by atoms with Crippen LogP contribution in [0, 0.1) is 23.7 Å². The lowest BCUT2D eigenvalue weighted by Crippen LogP contribution is -2.52. The highest BCUT2D eigenvalue weighted by Crippen LogP contribution is 2.42. The molecule has 2 aliphatic carbocycles. The van der Waals surface area contributed by atoms with Crippen LogP contribution in [0.2, 0.25) is 0 Å². The highest BCUT2D eigenvalue weighted by molar-refractivity contribution is 6.20. The van der Waals surface area contributed by atoms with Crippen LogP contribution in [-0.4, -0.2) is 65.3 Å². The lowest BCUT2D eigenvalue weighted by Gasteiger charge is -2.39. The molecule has 4 unspecified atom stereocenters. The third-order valence-corrected chi connectivity index (χ3v) is 10.0. The molecular formula is C29H50ClN3O2. The number of piperidine rings is 1. The minimum absolute atomic E-state index is 0.0571. The van der Waals surface area contributed by atoms with E-state index in [0.29, 0.717) is 35.1 Å². The number of likely N-dealkylation sites (tertiary alicyclic amines) is 2. The van der Waals surface area contributed by atoms with Gasteiger partial charge in [0, 0.05) is 43.5 Å². The molecule has 1 N–H and O–H groups in total. The molecular weight excluding hydrogens is 458 g/mol. The average Bonchev–Trinajstić information content (AvgIpc) is 3.25. The molecule has 4 aliphatic rings. The van der Waals surface area contributed by atoms with Crippen molar-refractivity contribution in [2.24, 2.45) is 23.7 Å². The first-order chi connectivity index (χ1) is 17.0. The first-order valence-electron chi connectivity index (χ1n) is 14.9. The Morgan fingerprint density at radius 1 is 1.00 bits per heavy atom. The summed E-state index contributed by atoms with van der Waals surface area (Å²) in [5.74, 6) is 2.53. The highest BCUT2D eigenvalue weighted by Gasteiger charge is 2.47. The van der Waals surface area contributed by atoms with Gasteiger partial charge in [0.25, 0.3) is 0 Å². The average molecular weight is 508 g/mol. The van der Waals surface area contributed by atoms with E-state index in [9.17, 15) is 9.59 Å². The maximum Gasteiger partial charge on any atom is 0.239 e. The molecule has 4 atom stereocenters. The van der Waals surface area contributed by atoms with Gasteiger partial charge in [-0.15, -0.1) is 11.6 Å². The fourth-order valence-corrected chi connectivity index (χ4v) is 7.56. The molecule has 35 heavy (non-hydrogen) atoms. The largest absolute Gasteiger partial charge is 0.356 e. The minimum atomic E-state index is 0.0571. The molecule has 0 spiro atoms. The van der Waals surface area contributed by atoms with Crippen molar-refractivity contribution in [2.45, 2.75) is 121 Å². The van der Waals surface area contributed by atoms with Crippen molar-refractivity contribution in [1.82, 2.24) is 15.1 Å². The van der Waals surface area contributed by atoms with E-state index in [2.05, 4.69) is 29.0 Å². The fraction of sp³-hybridized carbons (Fsp3) is 0.931. The number of alkyl halides is 1. The van der Waals surface area contributed by atoms with Crippen molar-refractivity contribution in [3.63, 3.8) is 0 Å². The molecule has 4 rings (SSSR count). The van der Waals surface area contributed by atoms with Gasteiger partial charge in [0.15, 0.2) is 0 Å². The first kappa shape index (κ1) is 27.2. The number of carbonyl (C=O) groups excluding carboxylic acids is 2. The maximum absolute atomic E-state index is 13.8. The van der Waals surface area contributed by atoms with E-state index in [4.69, 9.17) is 11.6 Å². The summed E-state index contributed by atoms with van der Waals surface area (Å²) in [7, 11) is 0. The molecule has 200 valence electrons. The summed E-state index contributed by atoms with van der Waals surface area (Å²) in [5, 5.41) is 3.54. The van der Waals surface area contributed by atoms with Crippen LogP contribution in [0.5, 0.6) is 0 Å². The van der Waals surface area contributed by atoms with Crippen LogP contribution in [0.25, 0.3) is 0 Å². The first-order valence-corrected chi connectivity index (χ1v) is 15.4. The number of nitrogens with zero attached hydrogens (tertiary/aromatic N) is 2. The third-order valence-electron chi connectivity index (χ3n) is 9.60. The Balaban J connectivity index is 1.29. The summed E-state index contributed by atoms with van der Waals surface area (Å²) in [6.07, 6.45) is 16.1.